The zero-order valence-corrected chi connectivity index (χ0v) is 11.9. The Morgan fingerprint density at radius 2 is 1.62 bits per heavy atom. The lowest BCUT2D eigenvalue weighted by molar-refractivity contribution is -0.859. The summed E-state index contributed by atoms with van der Waals surface area (Å²) in [7, 11) is -2.12. The second kappa shape index (κ2) is 9.12. The Morgan fingerprint density at radius 3 is 1.81 bits per heavy atom. The summed E-state index contributed by atoms with van der Waals surface area (Å²) in [6.07, 6.45) is 0.528. The van der Waals surface area contributed by atoms with Crippen LogP contribution in [0.2, 0.25) is 0 Å². The van der Waals surface area contributed by atoms with Crippen LogP contribution in [0.15, 0.2) is 0 Å². The summed E-state index contributed by atoms with van der Waals surface area (Å²) in [4.78, 5) is 14.9. The van der Waals surface area contributed by atoms with Crippen molar-refractivity contribution in [2.75, 3.05) is 6.54 Å². The predicted octanol–water partition coefficient (Wildman–Crippen LogP) is 1.84. The molecule has 4 N–H and O–H groups in total. The van der Waals surface area contributed by atoms with Gasteiger partial charge in [-0.1, -0.05) is 0 Å². The van der Waals surface area contributed by atoms with E-state index < -0.39 is 8.53 Å². The largest absolute Gasteiger partial charge is 0.338 e. The van der Waals surface area contributed by atoms with E-state index in [1.807, 2.05) is 0 Å². The first-order valence-corrected chi connectivity index (χ1v) is 6.70. The van der Waals surface area contributed by atoms with Crippen LogP contribution in [0, 0.1) is 11.3 Å². The maximum absolute atomic E-state index is 8.47. The topological polar surface area (TPSA) is 90.3 Å². The van der Waals surface area contributed by atoms with Crippen LogP contribution in [0.25, 0.3) is 0 Å². The fourth-order valence-electron chi connectivity index (χ4n) is 1.33. The molecule has 0 heterocycles. The number of hydrogen-bond acceptors (Lipinski definition) is 4. The molecule has 0 atom stereocenters. The summed E-state index contributed by atoms with van der Waals surface area (Å²) in [5.74, 6) is 0. The van der Waals surface area contributed by atoms with E-state index in [9.17, 15) is 0 Å². The van der Waals surface area contributed by atoms with Crippen molar-refractivity contribution in [3.05, 3.63) is 0 Å². The predicted molar refractivity (Wildman–Crippen MR) is 67.0 cm³/mol. The number of nitrogens with zero attached hydrogens (tertiary/aromatic N) is 2. The Hall–Kier alpha value is 0.0500. The summed E-state index contributed by atoms with van der Waals surface area (Å²) in [5.41, 5.74) is 4.29. The summed E-state index contributed by atoms with van der Waals surface area (Å²) < 4.78 is 0.466. The number of quaternary nitrogens is 1. The standard InChI is InChI=1S/C9H18ClN2.H4NO2P/c1-8(2)12(10,9(3)4)7-5-6-11;1-4(2)3/h8-9H,5,7H2,1-4H3;2-3H,1H2/q+1;. The van der Waals surface area contributed by atoms with Crippen molar-refractivity contribution in [2.45, 2.75) is 46.2 Å². The van der Waals surface area contributed by atoms with Crippen LogP contribution < -0.4 is 5.50 Å². The van der Waals surface area contributed by atoms with Crippen LogP contribution in [0.4, 0.5) is 0 Å². The first-order chi connectivity index (χ1) is 7.18. The van der Waals surface area contributed by atoms with Crippen LogP contribution in [-0.4, -0.2) is 32.4 Å². The van der Waals surface area contributed by atoms with Gasteiger partial charge >= 0.3 is 0 Å². The summed E-state index contributed by atoms with van der Waals surface area (Å²) >= 11 is 6.37. The summed E-state index contributed by atoms with van der Waals surface area (Å²) in [5, 5.41) is 8.47. The lowest BCUT2D eigenvalue weighted by Gasteiger charge is -2.36. The number of rotatable bonds is 4. The molecule has 0 bridgehead atoms. The van der Waals surface area contributed by atoms with Crippen LogP contribution in [0.1, 0.15) is 34.1 Å². The molecule has 0 saturated carbocycles. The quantitative estimate of drug-likeness (QED) is 0.537. The van der Waals surface area contributed by atoms with Gasteiger partial charge in [-0.2, -0.15) is 5.26 Å². The van der Waals surface area contributed by atoms with Gasteiger partial charge in [0.2, 0.25) is 8.53 Å². The van der Waals surface area contributed by atoms with E-state index >= 15 is 0 Å². The number of nitriles is 1. The minimum atomic E-state index is -2.12. The molecule has 0 aromatic rings. The van der Waals surface area contributed by atoms with Gasteiger partial charge in [-0.15, -0.1) is 0 Å². The third kappa shape index (κ3) is 8.23. The van der Waals surface area contributed by atoms with Crippen molar-refractivity contribution in [3.63, 3.8) is 0 Å². The van der Waals surface area contributed by atoms with Gasteiger partial charge in [0.1, 0.15) is 18.6 Å². The molecule has 0 rings (SSSR count). The molecule has 0 aliphatic heterocycles. The zero-order chi connectivity index (χ0) is 13.4. The van der Waals surface area contributed by atoms with E-state index in [0.29, 0.717) is 22.5 Å². The maximum Gasteiger partial charge on any atom is 0.247 e. The molecule has 0 aliphatic rings. The average Bonchev–Trinajstić information content (AvgIpc) is 2.12. The molecule has 0 aromatic carbocycles. The van der Waals surface area contributed by atoms with Gasteiger partial charge in [0.15, 0.2) is 11.8 Å². The Bertz CT molecular complexity index is 209. The normalized spacial score (nSPS) is 11.4. The number of nitrogens with two attached hydrogens (primary N) is 1. The molecular weight excluding hydrogens is 249 g/mol. The molecular formula is C9H22ClN3O2P+. The van der Waals surface area contributed by atoms with E-state index in [-0.39, 0.29) is 0 Å². The third-order valence-electron chi connectivity index (χ3n) is 2.28. The van der Waals surface area contributed by atoms with Gasteiger partial charge in [0, 0.05) is 0 Å². The minimum Gasteiger partial charge on any atom is -0.338 e. The van der Waals surface area contributed by atoms with E-state index in [0.717, 1.165) is 6.54 Å². The van der Waals surface area contributed by atoms with Crippen molar-refractivity contribution in [1.29, 1.82) is 5.26 Å². The molecule has 16 heavy (non-hydrogen) atoms. The monoisotopic (exact) mass is 270 g/mol. The zero-order valence-electron chi connectivity index (χ0n) is 10.3. The number of halogens is 1. The second-order valence-electron chi connectivity index (χ2n) is 3.97. The van der Waals surface area contributed by atoms with Crippen molar-refractivity contribution in [2.24, 2.45) is 5.50 Å². The van der Waals surface area contributed by atoms with Crippen molar-refractivity contribution in [1.82, 2.24) is 0 Å². The van der Waals surface area contributed by atoms with Crippen LogP contribution in [0.3, 0.4) is 0 Å². The lowest BCUT2D eigenvalue weighted by atomic mass is 10.2. The van der Waals surface area contributed by atoms with Gasteiger partial charge in [0.25, 0.3) is 0 Å². The van der Waals surface area contributed by atoms with Crippen molar-refractivity contribution >= 4 is 20.3 Å². The molecule has 0 fully saturated rings. The Kier molecular flexibility index (Phi) is 10.5. The van der Waals surface area contributed by atoms with E-state index in [2.05, 4.69) is 39.3 Å². The molecule has 5 nitrogen and oxygen atoms in total. The molecule has 0 saturated heterocycles. The second-order valence-corrected chi connectivity index (χ2v) is 5.24. The fraction of sp³-hybridized carbons (Fsp3) is 0.889. The molecule has 0 radical (unpaired) electrons. The third-order valence-corrected chi connectivity index (χ3v) is 3.23. The Balaban J connectivity index is 0. The first kappa shape index (κ1) is 18.4. The molecule has 7 heteroatoms. The molecule has 0 aliphatic carbocycles. The summed E-state index contributed by atoms with van der Waals surface area (Å²) in [6.45, 7) is 9.08. The van der Waals surface area contributed by atoms with Crippen molar-refractivity contribution in [3.8, 4) is 6.07 Å². The lowest BCUT2D eigenvalue weighted by Crippen LogP contribution is -2.50. The first-order valence-electron chi connectivity index (χ1n) is 5.05. The van der Waals surface area contributed by atoms with E-state index in [1.165, 1.54) is 0 Å². The van der Waals surface area contributed by atoms with Crippen LogP contribution >= 0.6 is 20.3 Å². The highest BCUT2D eigenvalue weighted by atomic mass is 35.5. The van der Waals surface area contributed by atoms with Gasteiger partial charge in [-0.3, -0.25) is 5.50 Å². The maximum atomic E-state index is 8.47. The summed E-state index contributed by atoms with van der Waals surface area (Å²) in [6, 6.07) is 2.86. The highest BCUT2D eigenvalue weighted by Gasteiger charge is 2.33. The molecule has 0 amide bonds. The van der Waals surface area contributed by atoms with Gasteiger partial charge in [-0.25, -0.2) is 4.00 Å². The van der Waals surface area contributed by atoms with E-state index in [1.54, 1.807) is 0 Å². The van der Waals surface area contributed by atoms with Crippen molar-refractivity contribution < 1.29 is 13.8 Å². The smallest absolute Gasteiger partial charge is 0.247 e. The average molecular weight is 271 g/mol. The Morgan fingerprint density at radius 1 is 1.31 bits per heavy atom. The van der Waals surface area contributed by atoms with E-state index in [4.69, 9.17) is 26.8 Å². The fourth-order valence-corrected chi connectivity index (χ4v) is 1.42. The highest BCUT2D eigenvalue weighted by molar-refractivity contribution is 7.42. The Labute approximate surface area is 104 Å². The molecule has 0 spiro atoms. The molecule has 96 valence electrons. The number of hydrogen-bond donors (Lipinski definition) is 3. The van der Waals surface area contributed by atoms with Gasteiger partial charge in [0.05, 0.1) is 12.5 Å². The van der Waals surface area contributed by atoms with Crippen LogP contribution in [-0.2, 0) is 0 Å². The SMILES string of the molecule is CC(C)[N+](Cl)(CCC#N)C(C)C.NP(O)O. The minimum absolute atomic E-state index is 0.361. The van der Waals surface area contributed by atoms with Crippen LogP contribution in [0.5, 0.6) is 0 Å². The molecule has 0 unspecified atom stereocenters. The highest BCUT2D eigenvalue weighted by Crippen LogP contribution is 2.23. The molecule has 0 aromatic heterocycles. The van der Waals surface area contributed by atoms with Gasteiger partial charge in [-0.05, 0) is 27.7 Å². The van der Waals surface area contributed by atoms with Gasteiger partial charge < -0.3 is 9.79 Å².